The summed E-state index contributed by atoms with van der Waals surface area (Å²) in [4.78, 5) is 13.3. The summed E-state index contributed by atoms with van der Waals surface area (Å²) in [5, 5.41) is 10.0. The minimum Gasteiger partial charge on any atom is -0.359 e. The number of nitrogens with one attached hydrogen (secondary N) is 3. The van der Waals surface area contributed by atoms with Crippen molar-refractivity contribution in [3.8, 4) is 0 Å². The molecule has 6 heteroatoms. The van der Waals surface area contributed by atoms with Crippen molar-refractivity contribution < 1.29 is 0 Å². The normalized spacial score (nSPS) is 12.5. The lowest BCUT2D eigenvalue weighted by Gasteiger charge is -2.09. The van der Waals surface area contributed by atoms with Gasteiger partial charge in [0.05, 0.1) is 11.4 Å². The first kappa shape index (κ1) is 42.1. The van der Waals surface area contributed by atoms with Crippen LogP contribution in [-0.4, -0.2) is 24.2 Å². The molecule has 0 amide bonds. The first-order valence-electron chi connectivity index (χ1n) is 18.2. The molecule has 0 aliphatic heterocycles. The fourth-order valence-electron chi connectivity index (χ4n) is 5.19. The summed E-state index contributed by atoms with van der Waals surface area (Å²) in [6.45, 7) is 16.3. The lowest BCUT2D eigenvalue weighted by atomic mass is 10.2. The van der Waals surface area contributed by atoms with E-state index in [2.05, 4.69) is 76.0 Å². The molecule has 5 aromatic rings. The number of allylic oxidation sites excluding steroid dienone is 6. The van der Waals surface area contributed by atoms with Crippen molar-refractivity contribution in [2.45, 2.75) is 55.4 Å². The second kappa shape index (κ2) is 23.3. The highest BCUT2D eigenvalue weighted by molar-refractivity contribution is 5.96. The van der Waals surface area contributed by atoms with Gasteiger partial charge in [-0.2, -0.15) is 0 Å². The number of benzene rings is 5. The van der Waals surface area contributed by atoms with Crippen LogP contribution in [0.2, 0.25) is 0 Å². The van der Waals surface area contributed by atoms with Crippen LogP contribution >= 0.6 is 0 Å². The monoisotopic (exact) mass is 716 g/mol. The van der Waals surface area contributed by atoms with Gasteiger partial charge in [-0.3, -0.25) is 15.0 Å². The van der Waals surface area contributed by atoms with Crippen molar-refractivity contribution in [2.75, 3.05) is 23.0 Å². The summed E-state index contributed by atoms with van der Waals surface area (Å²) in [6.07, 6.45) is 6.13. The molecule has 0 spiro atoms. The van der Waals surface area contributed by atoms with Crippen molar-refractivity contribution in [1.82, 2.24) is 0 Å². The lowest BCUT2D eigenvalue weighted by Crippen LogP contribution is -2.00. The van der Waals surface area contributed by atoms with E-state index in [4.69, 9.17) is 0 Å². The Labute approximate surface area is 324 Å². The largest absolute Gasteiger partial charge is 0.359 e. The van der Waals surface area contributed by atoms with E-state index in [-0.39, 0.29) is 0 Å². The van der Waals surface area contributed by atoms with Gasteiger partial charge in [-0.05, 0) is 133 Å². The number of hydrogen-bond acceptors (Lipinski definition) is 6. The number of aliphatic imine (C=N–C) groups is 3. The second-order valence-corrected chi connectivity index (χ2v) is 12.9. The molecule has 0 aromatic heterocycles. The minimum atomic E-state index is 0.976. The Morgan fingerprint density at radius 3 is 1.33 bits per heavy atom. The van der Waals surface area contributed by atoms with Crippen molar-refractivity contribution >= 4 is 45.6 Å². The van der Waals surface area contributed by atoms with E-state index < -0.39 is 0 Å². The number of anilines is 3. The molecule has 6 nitrogen and oxygen atoms in total. The Hall–Kier alpha value is -6.27. The van der Waals surface area contributed by atoms with Crippen LogP contribution in [-0.2, 0) is 0 Å². The van der Waals surface area contributed by atoms with Crippen LogP contribution in [0.1, 0.15) is 52.7 Å². The van der Waals surface area contributed by atoms with Crippen molar-refractivity contribution in [3.05, 3.63) is 186 Å². The van der Waals surface area contributed by atoms with Gasteiger partial charge in [0.2, 0.25) is 0 Å². The summed E-state index contributed by atoms with van der Waals surface area (Å²) in [6, 6.07) is 46.6. The average molecular weight is 717 g/mol. The average Bonchev–Trinajstić information content (AvgIpc) is 3.15. The number of para-hydroxylation sites is 5. The highest BCUT2D eigenvalue weighted by atomic mass is 14.9. The summed E-state index contributed by atoms with van der Waals surface area (Å²) in [7, 11) is 1.79. The third-order valence-electron chi connectivity index (χ3n) is 7.81. The summed E-state index contributed by atoms with van der Waals surface area (Å²) < 4.78 is 0. The van der Waals surface area contributed by atoms with Crippen LogP contribution in [0.15, 0.2) is 190 Å². The highest BCUT2D eigenvalue weighted by Crippen LogP contribution is 2.19. The molecular weight excluding hydrogens is 661 g/mol. The van der Waals surface area contributed by atoms with Gasteiger partial charge in [0.25, 0.3) is 0 Å². The maximum absolute atomic E-state index is 4.66. The van der Waals surface area contributed by atoms with E-state index in [1.165, 1.54) is 11.1 Å². The summed E-state index contributed by atoms with van der Waals surface area (Å²) >= 11 is 0. The first-order chi connectivity index (χ1) is 26.0. The summed E-state index contributed by atoms with van der Waals surface area (Å²) in [5.74, 6) is 0. The SMILES string of the molecule is CC(/C=C(/C)Nc1ccccc1)=Nc1ccccc1.CC(/C=C(/C)Nc1ccccc1C)=Nc1ccccc1C.CN=C(C)C=C(C)Nc1ccccc1. The van der Waals surface area contributed by atoms with Crippen LogP contribution in [0.4, 0.5) is 28.4 Å². The molecule has 0 unspecified atom stereocenters. The van der Waals surface area contributed by atoms with E-state index in [0.717, 1.165) is 62.7 Å². The van der Waals surface area contributed by atoms with Gasteiger partial charge in [-0.15, -0.1) is 0 Å². The third-order valence-corrected chi connectivity index (χ3v) is 7.81. The van der Waals surface area contributed by atoms with Crippen LogP contribution in [0.25, 0.3) is 0 Å². The second-order valence-electron chi connectivity index (χ2n) is 12.9. The van der Waals surface area contributed by atoms with Crippen molar-refractivity contribution in [2.24, 2.45) is 15.0 Å². The molecule has 0 fully saturated rings. The number of hydrogen-bond donors (Lipinski definition) is 3. The number of nitrogens with zero attached hydrogens (tertiary/aromatic N) is 3. The number of rotatable bonds is 11. The van der Waals surface area contributed by atoms with Crippen LogP contribution in [0, 0.1) is 13.8 Å². The molecule has 0 aliphatic rings. The maximum Gasteiger partial charge on any atom is 0.0661 e. The van der Waals surface area contributed by atoms with E-state index >= 15 is 0 Å². The zero-order valence-electron chi connectivity index (χ0n) is 33.4. The number of aryl methyl sites for hydroxylation is 2. The topological polar surface area (TPSA) is 73.2 Å². The predicted molar refractivity (Wildman–Crippen MR) is 238 cm³/mol. The zero-order chi connectivity index (χ0) is 39.1. The van der Waals surface area contributed by atoms with Gasteiger partial charge in [0, 0.05) is 58.3 Å². The minimum absolute atomic E-state index is 0.976. The quantitative estimate of drug-likeness (QED) is 0.119. The van der Waals surface area contributed by atoms with Gasteiger partial charge < -0.3 is 16.0 Å². The fourth-order valence-corrected chi connectivity index (χ4v) is 5.19. The van der Waals surface area contributed by atoms with Crippen molar-refractivity contribution in [1.29, 1.82) is 0 Å². The molecular formula is C48H56N6. The van der Waals surface area contributed by atoms with Gasteiger partial charge >= 0.3 is 0 Å². The molecule has 0 atom stereocenters. The molecule has 0 saturated heterocycles. The highest BCUT2D eigenvalue weighted by Gasteiger charge is 1.99. The molecule has 54 heavy (non-hydrogen) atoms. The van der Waals surface area contributed by atoms with Gasteiger partial charge in [-0.1, -0.05) is 91.0 Å². The van der Waals surface area contributed by atoms with Gasteiger partial charge in [-0.25, -0.2) is 0 Å². The lowest BCUT2D eigenvalue weighted by molar-refractivity contribution is 1.33. The molecule has 278 valence electrons. The van der Waals surface area contributed by atoms with Crippen LogP contribution in [0.5, 0.6) is 0 Å². The Morgan fingerprint density at radius 2 is 0.833 bits per heavy atom. The Balaban J connectivity index is 0.000000222. The maximum atomic E-state index is 4.66. The molecule has 5 aromatic carbocycles. The fraction of sp³-hybridized carbons (Fsp3) is 0.188. The molecule has 0 saturated carbocycles. The zero-order valence-corrected chi connectivity index (χ0v) is 33.4. The van der Waals surface area contributed by atoms with E-state index in [9.17, 15) is 0 Å². The van der Waals surface area contributed by atoms with E-state index in [0.29, 0.717) is 0 Å². The molecule has 0 heterocycles. The third kappa shape index (κ3) is 16.8. The van der Waals surface area contributed by atoms with Crippen LogP contribution < -0.4 is 16.0 Å². The predicted octanol–water partition coefficient (Wildman–Crippen LogP) is 13.3. The Kier molecular flexibility index (Phi) is 18.2. The Morgan fingerprint density at radius 1 is 0.426 bits per heavy atom. The van der Waals surface area contributed by atoms with Crippen molar-refractivity contribution in [3.63, 3.8) is 0 Å². The van der Waals surface area contributed by atoms with E-state index in [1.54, 1.807) is 7.05 Å². The molecule has 0 radical (unpaired) electrons. The smallest absolute Gasteiger partial charge is 0.0661 e. The van der Waals surface area contributed by atoms with Gasteiger partial charge in [0.15, 0.2) is 0 Å². The van der Waals surface area contributed by atoms with Gasteiger partial charge in [0.1, 0.15) is 0 Å². The molecule has 3 N–H and O–H groups in total. The molecule has 5 rings (SSSR count). The summed E-state index contributed by atoms with van der Waals surface area (Å²) in [5.41, 5.74) is 14.0. The first-order valence-corrected chi connectivity index (χ1v) is 18.2. The standard InChI is InChI=1S/C19H22N2.C17H18N2.C12H16N2/c1-14-9-5-7-11-18(14)20-16(3)13-17(4)21-19-12-8-6-10-15(19)2;1-14(18-16-9-5-3-6-10-16)13-15(2)19-17-11-7-4-8-12-17;1-10(13-3)9-11(2)14-12-7-5-4-6-8-12/h5-13,20H,1-4H3;3-13,18H,1-2H3;4-9,14H,1-3H3/b16-13-,21-17?;14-13-,19-15?;. The van der Waals surface area contributed by atoms with Crippen LogP contribution in [0.3, 0.4) is 0 Å². The molecule has 0 aliphatic carbocycles. The molecule has 0 bridgehead atoms. The van der Waals surface area contributed by atoms with E-state index in [1.807, 2.05) is 168 Å². The Bertz CT molecular complexity index is 2050.